The monoisotopic (exact) mass is 474 g/mol. The molecule has 0 spiro atoms. The van der Waals surface area contributed by atoms with Crippen molar-refractivity contribution < 1.29 is 27.8 Å². The molecule has 1 aromatic rings. The lowest BCUT2D eigenvalue weighted by atomic mass is 9.84. The number of nitrogens with zero attached hydrogens (tertiary/aromatic N) is 4. The SMILES string of the molecule is CC1=CC2=NC(=O)c3cnn([C@H]4CCOC4)c3C2=CC1C(=O)N1CCC(OCC(C)(F)F)CC1. The van der Waals surface area contributed by atoms with Crippen molar-refractivity contribution in [3.05, 3.63) is 35.2 Å². The van der Waals surface area contributed by atoms with Crippen LogP contribution in [0.5, 0.6) is 0 Å². The van der Waals surface area contributed by atoms with Crippen LogP contribution in [0.3, 0.4) is 0 Å². The molecule has 2 fully saturated rings. The normalized spacial score (nSPS) is 25.5. The number of halogens is 2. The van der Waals surface area contributed by atoms with E-state index >= 15 is 0 Å². The molecule has 2 saturated heterocycles. The molecule has 0 N–H and O–H groups in total. The van der Waals surface area contributed by atoms with Gasteiger partial charge in [0.1, 0.15) is 6.61 Å². The maximum absolute atomic E-state index is 13.4. The standard InChI is InChI=1S/C24H28F2N4O4/c1-14-9-20-18(21-19(22(31)28-20)11-27-30(21)15-5-8-33-12-15)10-17(14)23(32)29-6-3-16(4-7-29)34-13-24(2,25)26/h9-11,15-17H,3-8,12-13H2,1-2H3/t15-,17?/m0/s1. The molecule has 1 aromatic heterocycles. The summed E-state index contributed by atoms with van der Waals surface area (Å²) < 4.78 is 38.9. The number of carbonyl (C=O) groups excluding carboxylic acids is 2. The number of allylic oxidation sites excluding steroid dienone is 2. The number of ether oxygens (including phenoxy) is 2. The molecular formula is C24H28F2N4O4. The first-order valence-electron chi connectivity index (χ1n) is 11.7. The topological polar surface area (TPSA) is 86.0 Å². The number of likely N-dealkylation sites (tertiary alicyclic amines) is 1. The largest absolute Gasteiger partial charge is 0.379 e. The minimum atomic E-state index is -2.86. The van der Waals surface area contributed by atoms with Crippen molar-refractivity contribution in [3.63, 3.8) is 0 Å². The van der Waals surface area contributed by atoms with Crippen molar-refractivity contribution in [2.75, 3.05) is 32.9 Å². The fourth-order valence-corrected chi connectivity index (χ4v) is 4.98. The van der Waals surface area contributed by atoms with Crippen molar-refractivity contribution >= 4 is 23.1 Å². The van der Waals surface area contributed by atoms with Crippen LogP contribution in [0.25, 0.3) is 5.57 Å². The second-order valence-electron chi connectivity index (χ2n) is 9.52. The van der Waals surface area contributed by atoms with E-state index in [4.69, 9.17) is 9.47 Å². The van der Waals surface area contributed by atoms with Crippen LogP contribution < -0.4 is 0 Å². The molecule has 0 radical (unpaired) electrons. The van der Waals surface area contributed by atoms with E-state index in [1.807, 2.05) is 17.7 Å². The van der Waals surface area contributed by atoms with Gasteiger partial charge in [0.25, 0.3) is 11.8 Å². The number of alkyl halides is 2. The number of carbonyl (C=O) groups is 2. The van der Waals surface area contributed by atoms with Gasteiger partial charge in [-0.3, -0.25) is 14.3 Å². The van der Waals surface area contributed by atoms with E-state index in [9.17, 15) is 18.4 Å². The van der Waals surface area contributed by atoms with Crippen LogP contribution in [-0.2, 0) is 14.3 Å². The van der Waals surface area contributed by atoms with E-state index in [1.165, 1.54) is 0 Å². The van der Waals surface area contributed by atoms with Crippen molar-refractivity contribution in [2.24, 2.45) is 10.9 Å². The zero-order valence-corrected chi connectivity index (χ0v) is 19.3. The molecule has 10 heteroatoms. The van der Waals surface area contributed by atoms with Crippen molar-refractivity contribution in [3.8, 4) is 0 Å². The van der Waals surface area contributed by atoms with Crippen LogP contribution in [0.4, 0.5) is 8.78 Å². The summed E-state index contributed by atoms with van der Waals surface area (Å²) in [6.45, 7) is 4.17. The molecule has 3 aliphatic heterocycles. The van der Waals surface area contributed by atoms with Crippen LogP contribution in [0, 0.1) is 5.92 Å². The third-order valence-electron chi connectivity index (χ3n) is 6.81. The van der Waals surface area contributed by atoms with Crippen molar-refractivity contribution in [2.45, 2.75) is 51.2 Å². The van der Waals surface area contributed by atoms with E-state index in [-0.39, 0.29) is 24.0 Å². The predicted molar refractivity (Wildman–Crippen MR) is 120 cm³/mol. The molecular weight excluding hydrogens is 446 g/mol. The van der Waals surface area contributed by atoms with Gasteiger partial charge in [-0.15, -0.1) is 0 Å². The van der Waals surface area contributed by atoms with Crippen LogP contribution >= 0.6 is 0 Å². The third kappa shape index (κ3) is 4.36. The minimum absolute atomic E-state index is 0.0347. The molecule has 2 amide bonds. The van der Waals surface area contributed by atoms with Gasteiger partial charge in [0, 0.05) is 32.2 Å². The summed E-state index contributed by atoms with van der Waals surface area (Å²) in [5, 5.41) is 4.46. The van der Waals surface area contributed by atoms with E-state index in [2.05, 4.69) is 10.1 Å². The van der Waals surface area contributed by atoms with Gasteiger partial charge in [-0.05, 0) is 32.3 Å². The van der Waals surface area contributed by atoms with Gasteiger partial charge in [0.05, 0.1) is 47.8 Å². The molecule has 1 aliphatic carbocycles. The summed E-state index contributed by atoms with van der Waals surface area (Å²) in [5.41, 5.74) is 3.23. The number of hydrogen-bond acceptors (Lipinski definition) is 5. The molecule has 2 atom stereocenters. The summed E-state index contributed by atoms with van der Waals surface area (Å²) in [5.74, 6) is -3.73. The Morgan fingerprint density at radius 2 is 2.06 bits per heavy atom. The summed E-state index contributed by atoms with van der Waals surface area (Å²) in [4.78, 5) is 32.1. The number of hydrogen-bond donors (Lipinski definition) is 0. The second-order valence-corrected chi connectivity index (χ2v) is 9.52. The first kappa shape index (κ1) is 23.0. The zero-order chi connectivity index (χ0) is 24.0. The molecule has 0 saturated carbocycles. The summed E-state index contributed by atoms with van der Waals surface area (Å²) in [6.07, 6.45) is 6.81. The quantitative estimate of drug-likeness (QED) is 0.655. The Kier molecular flexibility index (Phi) is 5.97. The Morgan fingerprint density at radius 3 is 2.74 bits per heavy atom. The molecule has 34 heavy (non-hydrogen) atoms. The molecule has 4 heterocycles. The smallest absolute Gasteiger partial charge is 0.281 e. The maximum Gasteiger partial charge on any atom is 0.281 e. The highest BCUT2D eigenvalue weighted by Crippen LogP contribution is 2.36. The fourth-order valence-electron chi connectivity index (χ4n) is 4.98. The minimum Gasteiger partial charge on any atom is -0.379 e. The lowest BCUT2D eigenvalue weighted by Crippen LogP contribution is -2.44. The Hall–Kier alpha value is -2.72. The lowest BCUT2D eigenvalue weighted by molar-refractivity contribution is -0.138. The van der Waals surface area contributed by atoms with Gasteiger partial charge in [-0.1, -0.05) is 11.6 Å². The molecule has 182 valence electrons. The molecule has 5 rings (SSSR count). The van der Waals surface area contributed by atoms with Crippen LogP contribution in [0.1, 0.15) is 55.2 Å². The number of amides is 2. The average molecular weight is 475 g/mol. The van der Waals surface area contributed by atoms with Gasteiger partial charge in [-0.25, -0.2) is 13.8 Å². The van der Waals surface area contributed by atoms with Gasteiger partial charge in [0.2, 0.25) is 5.91 Å². The number of fused-ring (bicyclic) bond motifs is 3. The molecule has 1 unspecified atom stereocenters. The maximum atomic E-state index is 13.4. The van der Waals surface area contributed by atoms with Crippen molar-refractivity contribution in [1.29, 1.82) is 0 Å². The first-order valence-corrected chi connectivity index (χ1v) is 11.7. The Bertz CT molecular complexity index is 1090. The lowest BCUT2D eigenvalue weighted by Gasteiger charge is -2.35. The second kappa shape index (κ2) is 8.81. The molecule has 8 nitrogen and oxygen atoms in total. The number of aromatic nitrogens is 2. The van der Waals surface area contributed by atoms with Crippen LogP contribution in [0.15, 0.2) is 28.9 Å². The van der Waals surface area contributed by atoms with Crippen molar-refractivity contribution in [1.82, 2.24) is 14.7 Å². The van der Waals surface area contributed by atoms with Crippen LogP contribution in [-0.4, -0.2) is 77.1 Å². The first-order chi connectivity index (χ1) is 16.2. The highest BCUT2D eigenvalue weighted by Gasteiger charge is 2.37. The summed E-state index contributed by atoms with van der Waals surface area (Å²) in [7, 11) is 0. The number of piperidine rings is 1. The Labute approximate surface area is 196 Å². The van der Waals surface area contributed by atoms with Gasteiger partial charge >= 0.3 is 0 Å². The number of aliphatic imine (C=N–C) groups is 1. The molecule has 0 aromatic carbocycles. The van der Waals surface area contributed by atoms with Gasteiger partial charge in [-0.2, -0.15) is 5.10 Å². The fraction of sp³-hybridized carbons (Fsp3) is 0.583. The summed E-state index contributed by atoms with van der Waals surface area (Å²) >= 11 is 0. The Morgan fingerprint density at radius 1 is 1.29 bits per heavy atom. The summed E-state index contributed by atoms with van der Waals surface area (Å²) in [6, 6.07) is 0.0347. The van der Waals surface area contributed by atoms with E-state index < -0.39 is 18.4 Å². The van der Waals surface area contributed by atoms with E-state index in [1.54, 1.807) is 17.2 Å². The Balaban J connectivity index is 1.35. The van der Waals surface area contributed by atoms with Gasteiger partial charge < -0.3 is 14.4 Å². The number of rotatable bonds is 5. The highest BCUT2D eigenvalue weighted by molar-refractivity contribution is 6.36. The average Bonchev–Trinajstić information content (AvgIpc) is 3.47. The zero-order valence-electron chi connectivity index (χ0n) is 19.3. The van der Waals surface area contributed by atoms with Gasteiger partial charge in [0.15, 0.2) is 0 Å². The van der Waals surface area contributed by atoms with E-state index in [0.717, 1.165) is 24.5 Å². The van der Waals surface area contributed by atoms with E-state index in [0.29, 0.717) is 56.1 Å². The van der Waals surface area contributed by atoms with Crippen LogP contribution in [0.2, 0.25) is 0 Å². The highest BCUT2D eigenvalue weighted by atomic mass is 19.3. The molecule has 4 aliphatic rings. The predicted octanol–water partition coefficient (Wildman–Crippen LogP) is 3.06. The third-order valence-corrected chi connectivity index (χ3v) is 6.81. The molecule has 0 bridgehead atoms.